The van der Waals surface area contributed by atoms with Crippen LogP contribution >= 0.6 is 13.5 Å². The predicted octanol–water partition coefficient (Wildman–Crippen LogP) is 2.11. The molecule has 3 aliphatic rings. The van der Waals surface area contributed by atoms with Gasteiger partial charge in [0.2, 0.25) is 5.91 Å². The number of benzene rings is 1. The van der Waals surface area contributed by atoms with Crippen molar-refractivity contribution in [3.63, 3.8) is 0 Å². The molecule has 1 aromatic carbocycles. The molecule has 0 aromatic heterocycles. The molecule has 1 amide bonds. The lowest BCUT2D eigenvalue weighted by Gasteiger charge is -2.34. The van der Waals surface area contributed by atoms with Crippen LogP contribution in [0.4, 0.5) is 0 Å². The van der Waals surface area contributed by atoms with E-state index in [4.69, 9.17) is 9.84 Å². The first-order valence-corrected chi connectivity index (χ1v) is 9.74. The molecule has 1 N–H and O–H groups in total. The molecule has 1 aromatic rings. The largest absolute Gasteiger partial charge is 0.388 e. The van der Waals surface area contributed by atoms with Gasteiger partial charge >= 0.3 is 0 Å². The zero-order valence-corrected chi connectivity index (χ0v) is 16.7. The number of nitrogens with zero attached hydrogens (tertiary/aromatic N) is 1. The molecule has 2 heterocycles. The normalized spacial score (nSPS) is 25.4. The zero-order chi connectivity index (χ0) is 18.1. The van der Waals surface area contributed by atoms with Crippen molar-refractivity contribution in [3.05, 3.63) is 34.9 Å². The highest BCUT2D eigenvalue weighted by Crippen LogP contribution is 2.44. The minimum atomic E-state index is -0.470. The molecule has 148 valence electrons. The summed E-state index contributed by atoms with van der Waals surface area (Å²) in [7, 11) is 0. The van der Waals surface area contributed by atoms with E-state index in [0.29, 0.717) is 17.4 Å². The van der Waals surface area contributed by atoms with Crippen molar-refractivity contribution in [3.8, 4) is 0 Å². The number of carbonyl (C=O) groups is 2. The fraction of sp³-hybridized carbons (Fsp3) is 0.619. The molecule has 2 saturated heterocycles. The van der Waals surface area contributed by atoms with E-state index in [2.05, 4.69) is 4.90 Å². The smallest absolute Gasteiger partial charge is 0.229 e. The number of aliphatic hydroxyl groups excluding tert-OH is 1. The van der Waals surface area contributed by atoms with E-state index in [1.165, 1.54) is 5.56 Å². The van der Waals surface area contributed by atoms with Crippen LogP contribution < -0.4 is 0 Å². The van der Waals surface area contributed by atoms with E-state index < -0.39 is 6.61 Å². The molecule has 1 spiro atoms. The van der Waals surface area contributed by atoms with E-state index in [-0.39, 0.29) is 24.7 Å². The van der Waals surface area contributed by atoms with E-state index in [1.54, 1.807) is 6.07 Å². The first-order valence-electron chi connectivity index (χ1n) is 9.74. The first-order chi connectivity index (χ1) is 12.6. The number of likely N-dealkylation sites (tertiary alicyclic amines) is 1. The van der Waals surface area contributed by atoms with Gasteiger partial charge in [0.1, 0.15) is 6.61 Å². The lowest BCUT2D eigenvalue weighted by molar-refractivity contribution is -0.137. The molecule has 6 heteroatoms. The Morgan fingerprint density at radius 1 is 1.22 bits per heavy atom. The molecule has 27 heavy (non-hydrogen) atoms. The Labute approximate surface area is 167 Å². The minimum Gasteiger partial charge on any atom is -0.388 e. The monoisotopic (exact) mass is 391 g/mol. The summed E-state index contributed by atoms with van der Waals surface area (Å²) in [4.78, 5) is 27.1. The third kappa shape index (κ3) is 3.93. The van der Waals surface area contributed by atoms with Crippen molar-refractivity contribution in [2.45, 2.75) is 38.5 Å². The molecule has 0 saturated carbocycles. The molecular formula is C21H29NO4S. The van der Waals surface area contributed by atoms with Crippen LogP contribution in [-0.4, -0.2) is 54.6 Å². The topological polar surface area (TPSA) is 66.8 Å². The van der Waals surface area contributed by atoms with Gasteiger partial charge in [-0.2, -0.15) is 13.5 Å². The maximum atomic E-state index is 13.2. The van der Waals surface area contributed by atoms with E-state index in [0.717, 1.165) is 70.4 Å². The van der Waals surface area contributed by atoms with Gasteiger partial charge in [-0.05, 0) is 61.6 Å². The van der Waals surface area contributed by atoms with Crippen LogP contribution in [0.2, 0.25) is 0 Å². The average Bonchev–Trinajstić information content (AvgIpc) is 2.97. The van der Waals surface area contributed by atoms with Crippen molar-refractivity contribution in [2.75, 3.05) is 32.9 Å². The van der Waals surface area contributed by atoms with Crippen molar-refractivity contribution >= 4 is 25.2 Å². The summed E-state index contributed by atoms with van der Waals surface area (Å²) < 4.78 is 5.43. The van der Waals surface area contributed by atoms with Gasteiger partial charge in [-0.15, -0.1) is 0 Å². The maximum Gasteiger partial charge on any atom is 0.229 e. The van der Waals surface area contributed by atoms with Gasteiger partial charge in [-0.3, -0.25) is 9.59 Å². The molecule has 2 fully saturated rings. The quantitative estimate of drug-likeness (QED) is 0.799. The average molecular weight is 392 g/mol. The highest BCUT2D eigenvalue weighted by Gasteiger charge is 2.48. The zero-order valence-electron chi connectivity index (χ0n) is 15.7. The van der Waals surface area contributed by atoms with Crippen molar-refractivity contribution in [1.82, 2.24) is 4.90 Å². The highest BCUT2D eigenvalue weighted by atomic mass is 32.1. The second kappa shape index (κ2) is 8.33. The number of carbonyl (C=O) groups excluding carboxylic acids is 2. The van der Waals surface area contributed by atoms with E-state index >= 15 is 0 Å². The summed E-state index contributed by atoms with van der Waals surface area (Å²) >= 11 is 0. The highest BCUT2D eigenvalue weighted by molar-refractivity contribution is 7.59. The number of fused-ring (bicyclic) bond motifs is 1. The number of rotatable bonds is 4. The van der Waals surface area contributed by atoms with Crippen molar-refractivity contribution in [2.24, 2.45) is 11.3 Å². The number of hydrogen-bond donors (Lipinski definition) is 1. The number of hydrogen-bond acceptors (Lipinski definition) is 4. The summed E-state index contributed by atoms with van der Waals surface area (Å²) in [5, 5.41) is 9.11. The molecule has 0 unspecified atom stereocenters. The van der Waals surface area contributed by atoms with Crippen LogP contribution in [0.25, 0.3) is 0 Å². The Balaban J connectivity index is 0.00000210. The standard InChI is InChI=1S/C21H27NO4.H2S/c23-14-19(24)17-2-1-16-3-6-21(12-18(16)11-17)7-8-22(20(21)25)13-15-4-9-26-10-5-15;/h1-2,11,15,23H,3-10,12-14H2;1H2/t21-;/m1./s1. The Morgan fingerprint density at radius 3 is 2.74 bits per heavy atom. The lowest BCUT2D eigenvalue weighted by Crippen LogP contribution is -2.41. The molecule has 0 bridgehead atoms. The summed E-state index contributed by atoms with van der Waals surface area (Å²) in [6, 6.07) is 5.68. The third-order valence-corrected chi connectivity index (χ3v) is 6.49. The number of ether oxygens (including phenoxy) is 1. The van der Waals surface area contributed by atoms with Crippen LogP contribution in [0.1, 0.15) is 47.2 Å². The van der Waals surface area contributed by atoms with E-state index in [1.807, 2.05) is 12.1 Å². The van der Waals surface area contributed by atoms with Gasteiger partial charge < -0.3 is 14.7 Å². The van der Waals surface area contributed by atoms with Crippen LogP contribution in [0.3, 0.4) is 0 Å². The van der Waals surface area contributed by atoms with Crippen LogP contribution in [0.5, 0.6) is 0 Å². The molecular weight excluding hydrogens is 362 g/mol. The predicted molar refractivity (Wildman–Crippen MR) is 107 cm³/mol. The van der Waals surface area contributed by atoms with Crippen LogP contribution in [0.15, 0.2) is 18.2 Å². The minimum absolute atomic E-state index is 0. The first kappa shape index (κ1) is 20.4. The Bertz CT molecular complexity index is 716. The number of Topliss-reactive ketones (excluding diaryl/α,β-unsaturated/α-hetero) is 1. The second-order valence-corrected chi connectivity index (χ2v) is 8.08. The van der Waals surface area contributed by atoms with Gasteiger partial charge in [-0.25, -0.2) is 0 Å². The molecule has 2 aliphatic heterocycles. The van der Waals surface area contributed by atoms with Gasteiger partial charge in [0.25, 0.3) is 0 Å². The molecule has 0 radical (unpaired) electrons. The maximum absolute atomic E-state index is 13.2. The molecule has 4 rings (SSSR count). The fourth-order valence-electron chi connectivity index (χ4n) is 4.83. The Kier molecular flexibility index (Phi) is 6.28. The number of aliphatic hydroxyl groups is 1. The summed E-state index contributed by atoms with van der Waals surface area (Å²) in [6.45, 7) is 2.86. The third-order valence-electron chi connectivity index (χ3n) is 6.49. The number of aryl methyl sites for hydroxylation is 1. The van der Waals surface area contributed by atoms with Crippen LogP contribution in [-0.2, 0) is 22.4 Å². The Morgan fingerprint density at radius 2 is 2.00 bits per heavy atom. The summed E-state index contributed by atoms with van der Waals surface area (Å²) in [6.07, 6.45) is 5.51. The molecule has 1 aliphatic carbocycles. The van der Waals surface area contributed by atoms with Gasteiger partial charge in [0.05, 0.1) is 5.41 Å². The van der Waals surface area contributed by atoms with Gasteiger partial charge in [0, 0.05) is 31.9 Å². The summed E-state index contributed by atoms with van der Waals surface area (Å²) in [5.74, 6) is 0.604. The van der Waals surface area contributed by atoms with Gasteiger partial charge in [0.15, 0.2) is 5.78 Å². The Hall–Kier alpha value is -1.37. The SMILES string of the molecule is O=C(CO)c1ccc2c(c1)C[C@@]1(CC2)CCN(CC2CCOCC2)C1=O.S. The number of ketones is 1. The number of amides is 1. The van der Waals surface area contributed by atoms with Gasteiger partial charge in [-0.1, -0.05) is 12.1 Å². The second-order valence-electron chi connectivity index (χ2n) is 8.08. The fourth-order valence-corrected chi connectivity index (χ4v) is 4.83. The van der Waals surface area contributed by atoms with Crippen molar-refractivity contribution in [1.29, 1.82) is 0 Å². The summed E-state index contributed by atoms with van der Waals surface area (Å²) in [5.41, 5.74) is 2.60. The molecule has 5 nitrogen and oxygen atoms in total. The molecule has 1 atom stereocenters. The van der Waals surface area contributed by atoms with E-state index in [9.17, 15) is 9.59 Å². The van der Waals surface area contributed by atoms with Crippen LogP contribution in [0, 0.1) is 11.3 Å². The van der Waals surface area contributed by atoms with Crippen molar-refractivity contribution < 1.29 is 19.4 Å². The lowest BCUT2D eigenvalue weighted by atomic mass is 9.70.